The Balaban J connectivity index is 1.66. The van der Waals surface area contributed by atoms with Gasteiger partial charge in [-0.25, -0.2) is 4.39 Å². The predicted octanol–water partition coefficient (Wildman–Crippen LogP) is 4.63. The second-order valence-corrected chi connectivity index (χ2v) is 7.47. The smallest absolute Gasteiger partial charge is 0.255 e. The Morgan fingerprint density at radius 2 is 1.86 bits per heavy atom. The molecule has 29 heavy (non-hydrogen) atoms. The fourth-order valence-electron chi connectivity index (χ4n) is 3.97. The van der Waals surface area contributed by atoms with Crippen molar-refractivity contribution < 1.29 is 9.13 Å². The van der Waals surface area contributed by atoms with E-state index in [1.807, 2.05) is 30.3 Å². The lowest BCUT2D eigenvalue weighted by atomic mass is 9.68. The Hall–Kier alpha value is -3.32. The Morgan fingerprint density at radius 3 is 2.66 bits per heavy atom. The van der Waals surface area contributed by atoms with Crippen molar-refractivity contribution in [1.82, 2.24) is 18.9 Å². The van der Waals surface area contributed by atoms with E-state index in [4.69, 9.17) is 4.74 Å². The summed E-state index contributed by atoms with van der Waals surface area (Å²) in [5, 5.41) is 7.65. The van der Waals surface area contributed by atoms with Crippen molar-refractivity contribution in [3.05, 3.63) is 88.9 Å². The molecular weight excluding hydrogens is 387 g/mol. The summed E-state index contributed by atoms with van der Waals surface area (Å²) < 4.78 is 27.9. The summed E-state index contributed by atoms with van der Waals surface area (Å²) in [6.45, 7) is 0. The van der Waals surface area contributed by atoms with E-state index in [-0.39, 0.29) is 5.82 Å². The maximum atomic E-state index is 14.1. The molecule has 0 saturated carbocycles. The second-order valence-electron chi connectivity index (χ2n) is 6.94. The van der Waals surface area contributed by atoms with Crippen molar-refractivity contribution in [2.24, 2.45) is 0 Å². The van der Waals surface area contributed by atoms with Crippen molar-refractivity contribution in [2.75, 3.05) is 7.11 Å². The summed E-state index contributed by atoms with van der Waals surface area (Å²) in [5.74, 6) is 0.211. The number of hydrogen-bond donors (Lipinski definition) is 1. The third kappa shape index (κ3) is 2.86. The van der Waals surface area contributed by atoms with E-state index < -0.39 is 5.41 Å². The summed E-state index contributed by atoms with van der Waals surface area (Å²) in [6, 6.07) is 16.9. The lowest BCUT2D eigenvalue weighted by molar-refractivity contribution is 0.403. The number of nitrogens with zero attached hydrogens (tertiary/aromatic N) is 3. The third-order valence-corrected chi connectivity index (χ3v) is 5.89. The molecule has 1 aliphatic rings. The molecule has 0 aliphatic heterocycles. The molecule has 7 heteroatoms. The Bertz CT molecular complexity index is 1200. The van der Waals surface area contributed by atoms with Crippen LogP contribution >= 0.6 is 11.7 Å². The molecule has 0 radical (unpaired) electrons. The van der Waals surface area contributed by atoms with Gasteiger partial charge >= 0.3 is 0 Å². The molecule has 2 aromatic heterocycles. The van der Waals surface area contributed by atoms with Crippen LogP contribution in [0.3, 0.4) is 0 Å². The SMILES string of the molecule is COc1nsnc1-c1n[nH]c2c1C=CC(c1ccccc1)(c1cccc(F)c1)C2. The average Bonchev–Trinajstić information content (AvgIpc) is 3.40. The molecule has 1 unspecified atom stereocenters. The van der Waals surface area contributed by atoms with E-state index in [0.717, 1.165) is 34.1 Å². The van der Waals surface area contributed by atoms with Gasteiger partial charge in [0, 0.05) is 23.1 Å². The van der Waals surface area contributed by atoms with Crippen LogP contribution in [0.25, 0.3) is 17.5 Å². The summed E-state index contributed by atoms with van der Waals surface area (Å²) in [5.41, 5.74) is 4.75. The average molecular weight is 404 g/mol. The molecule has 0 fully saturated rings. The number of benzene rings is 2. The number of ether oxygens (including phenoxy) is 1. The van der Waals surface area contributed by atoms with Gasteiger partial charge in [0.1, 0.15) is 11.5 Å². The molecule has 144 valence electrons. The zero-order valence-corrected chi connectivity index (χ0v) is 16.4. The lowest BCUT2D eigenvalue weighted by Gasteiger charge is -2.34. The highest BCUT2D eigenvalue weighted by atomic mass is 32.1. The van der Waals surface area contributed by atoms with E-state index in [9.17, 15) is 4.39 Å². The van der Waals surface area contributed by atoms with E-state index in [2.05, 4.69) is 37.2 Å². The van der Waals surface area contributed by atoms with E-state index in [1.165, 1.54) is 6.07 Å². The van der Waals surface area contributed by atoms with Crippen molar-refractivity contribution in [2.45, 2.75) is 11.8 Å². The second kappa shape index (κ2) is 6.93. The van der Waals surface area contributed by atoms with Crippen LogP contribution in [0.1, 0.15) is 22.4 Å². The number of hydrogen-bond acceptors (Lipinski definition) is 5. The number of rotatable bonds is 4. The van der Waals surface area contributed by atoms with Gasteiger partial charge in [-0.15, -0.1) is 4.37 Å². The van der Waals surface area contributed by atoms with Gasteiger partial charge in [-0.3, -0.25) is 5.10 Å². The van der Waals surface area contributed by atoms with Crippen LogP contribution in [0.2, 0.25) is 0 Å². The first-order valence-corrected chi connectivity index (χ1v) is 9.89. The van der Waals surface area contributed by atoms with Crippen LogP contribution in [0, 0.1) is 5.82 Å². The molecule has 5 nitrogen and oxygen atoms in total. The molecule has 0 bridgehead atoms. The van der Waals surface area contributed by atoms with E-state index in [1.54, 1.807) is 19.2 Å². The quantitative estimate of drug-likeness (QED) is 0.539. The minimum atomic E-state index is -0.495. The predicted molar refractivity (Wildman–Crippen MR) is 110 cm³/mol. The Kier molecular flexibility index (Phi) is 4.24. The number of nitrogens with one attached hydrogen (secondary N) is 1. The highest BCUT2D eigenvalue weighted by Gasteiger charge is 2.37. The molecule has 0 spiro atoms. The minimum Gasteiger partial charge on any atom is -0.479 e. The summed E-state index contributed by atoms with van der Waals surface area (Å²) in [7, 11) is 1.57. The van der Waals surface area contributed by atoms with Crippen LogP contribution < -0.4 is 4.74 Å². The van der Waals surface area contributed by atoms with Crippen LogP contribution in [-0.4, -0.2) is 26.1 Å². The van der Waals surface area contributed by atoms with Gasteiger partial charge < -0.3 is 4.74 Å². The fraction of sp³-hybridized carbons (Fsp3) is 0.136. The maximum Gasteiger partial charge on any atom is 0.255 e. The number of allylic oxidation sites excluding steroid dienone is 1. The molecule has 0 saturated heterocycles. The molecule has 0 amide bonds. The summed E-state index contributed by atoms with van der Waals surface area (Å²) in [6.07, 6.45) is 4.79. The van der Waals surface area contributed by atoms with Gasteiger partial charge in [-0.1, -0.05) is 54.6 Å². The van der Waals surface area contributed by atoms with Crippen molar-refractivity contribution in [3.8, 4) is 17.3 Å². The number of aromatic amines is 1. The lowest BCUT2D eigenvalue weighted by Crippen LogP contribution is -2.30. The Morgan fingerprint density at radius 1 is 1.03 bits per heavy atom. The molecule has 1 aliphatic carbocycles. The van der Waals surface area contributed by atoms with Gasteiger partial charge in [0.15, 0.2) is 5.69 Å². The van der Waals surface area contributed by atoms with Crippen LogP contribution in [0.5, 0.6) is 5.88 Å². The number of fused-ring (bicyclic) bond motifs is 1. The molecule has 2 heterocycles. The zero-order chi connectivity index (χ0) is 19.8. The van der Waals surface area contributed by atoms with Crippen molar-refractivity contribution >= 4 is 17.8 Å². The van der Waals surface area contributed by atoms with E-state index in [0.29, 0.717) is 23.7 Å². The van der Waals surface area contributed by atoms with Crippen LogP contribution in [0.4, 0.5) is 4.39 Å². The number of methoxy groups -OCH3 is 1. The van der Waals surface area contributed by atoms with E-state index >= 15 is 0 Å². The summed E-state index contributed by atoms with van der Waals surface area (Å²) >= 11 is 1.09. The highest BCUT2D eigenvalue weighted by Crippen LogP contribution is 2.43. The standard InChI is InChI=1S/C22H17FN4OS/c1-28-21-20(26-29-27-21)19-17-10-11-22(13-18(17)24-25-19,14-6-3-2-4-7-14)15-8-5-9-16(23)12-15/h2-12H,13H2,1H3,(H,24,25). The normalized spacial score (nSPS) is 17.9. The molecule has 1 N–H and O–H groups in total. The molecule has 1 atom stereocenters. The number of H-pyrrole nitrogens is 1. The van der Waals surface area contributed by atoms with Gasteiger partial charge in [0.2, 0.25) is 0 Å². The molecular formula is C22H17FN4OS. The maximum absolute atomic E-state index is 14.1. The molecule has 5 rings (SSSR count). The Labute approximate surface area is 171 Å². The van der Waals surface area contributed by atoms with Crippen LogP contribution in [-0.2, 0) is 11.8 Å². The largest absolute Gasteiger partial charge is 0.479 e. The van der Waals surface area contributed by atoms with Gasteiger partial charge in [-0.05, 0) is 23.3 Å². The zero-order valence-electron chi connectivity index (χ0n) is 15.6. The first kappa shape index (κ1) is 17.8. The van der Waals surface area contributed by atoms with Crippen molar-refractivity contribution in [1.29, 1.82) is 0 Å². The minimum absolute atomic E-state index is 0.249. The first-order chi connectivity index (χ1) is 14.2. The first-order valence-electron chi connectivity index (χ1n) is 9.16. The number of halogens is 1. The third-order valence-electron chi connectivity index (χ3n) is 5.38. The van der Waals surface area contributed by atoms with Crippen molar-refractivity contribution in [3.63, 3.8) is 0 Å². The van der Waals surface area contributed by atoms with Crippen LogP contribution in [0.15, 0.2) is 60.7 Å². The number of aromatic nitrogens is 4. The molecule has 2 aromatic carbocycles. The monoisotopic (exact) mass is 404 g/mol. The van der Waals surface area contributed by atoms with Gasteiger partial charge in [0.25, 0.3) is 5.88 Å². The summed E-state index contributed by atoms with van der Waals surface area (Å²) in [4.78, 5) is 0. The fourth-order valence-corrected chi connectivity index (χ4v) is 4.49. The highest BCUT2D eigenvalue weighted by molar-refractivity contribution is 6.99. The van der Waals surface area contributed by atoms with Gasteiger partial charge in [0.05, 0.1) is 18.8 Å². The molecule has 4 aromatic rings. The van der Waals surface area contributed by atoms with Gasteiger partial charge in [-0.2, -0.15) is 9.47 Å². The topological polar surface area (TPSA) is 63.7 Å².